The third kappa shape index (κ3) is 3.71. The molecule has 1 aromatic heterocycles. The Kier molecular flexibility index (Phi) is 5.28. The van der Waals surface area contributed by atoms with Crippen LogP contribution in [0.1, 0.15) is 39.9 Å². The first-order chi connectivity index (χ1) is 15.9. The second kappa shape index (κ2) is 8.27. The van der Waals surface area contributed by atoms with Gasteiger partial charge in [-0.15, -0.1) is 0 Å². The van der Waals surface area contributed by atoms with Crippen LogP contribution in [0, 0.1) is 0 Å². The van der Waals surface area contributed by atoms with E-state index in [4.69, 9.17) is 4.74 Å². The van der Waals surface area contributed by atoms with Crippen LogP contribution in [0.15, 0.2) is 48.7 Å². The van der Waals surface area contributed by atoms with Crippen LogP contribution < -0.4 is 15.0 Å². The molecule has 3 heterocycles. The molecule has 5 rings (SSSR count). The number of rotatable bonds is 4. The van der Waals surface area contributed by atoms with Gasteiger partial charge in [-0.05, 0) is 11.6 Å². The molecule has 1 fully saturated rings. The van der Waals surface area contributed by atoms with E-state index in [1.807, 2.05) is 61.5 Å². The Balaban J connectivity index is 1.48. The van der Waals surface area contributed by atoms with E-state index in [1.165, 1.54) is 4.90 Å². The summed E-state index contributed by atoms with van der Waals surface area (Å²) in [4.78, 5) is 32.6. The molecule has 0 spiro atoms. The number of para-hydroxylation sites is 2. The topological polar surface area (TPSA) is 95.0 Å². The minimum Gasteiger partial charge on any atom is -0.493 e. The predicted molar refractivity (Wildman–Crippen MR) is 125 cm³/mol. The standard InChI is InChI=1S/C25H26N4O4/c1-28(2)23-18-8-5-7-16(15-13-29(14-15)25(31)32)22(18)26-12-19(23)24(30)27-20-10-11-33-21-9-4-3-6-17(20)21/h3-9,12,15,20H,10-11,13-14H2,1-2H3,(H,27,30)(H,31,32). The molecule has 2 aliphatic rings. The molecule has 1 atom stereocenters. The molecule has 2 amide bonds. The van der Waals surface area contributed by atoms with Gasteiger partial charge in [-0.25, -0.2) is 4.79 Å². The first-order valence-corrected chi connectivity index (χ1v) is 11.0. The molecule has 3 aromatic rings. The van der Waals surface area contributed by atoms with E-state index in [9.17, 15) is 14.7 Å². The van der Waals surface area contributed by atoms with Crippen molar-refractivity contribution < 1.29 is 19.4 Å². The number of ether oxygens (including phenoxy) is 1. The Hall–Kier alpha value is -3.81. The molecule has 8 heteroatoms. The van der Waals surface area contributed by atoms with E-state index in [0.717, 1.165) is 33.5 Å². The largest absolute Gasteiger partial charge is 0.493 e. The zero-order valence-corrected chi connectivity index (χ0v) is 18.6. The van der Waals surface area contributed by atoms with Gasteiger partial charge >= 0.3 is 6.09 Å². The maximum Gasteiger partial charge on any atom is 0.407 e. The van der Waals surface area contributed by atoms with Gasteiger partial charge in [-0.2, -0.15) is 0 Å². The highest BCUT2D eigenvalue weighted by atomic mass is 16.5. The molecule has 0 saturated carbocycles. The second-order valence-corrected chi connectivity index (χ2v) is 8.74. The highest BCUT2D eigenvalue weighted by molar-refractivity contribution is 6.08. The maximum absolute atomic E-state index is 13.4. The van der Waals surface area contributed by atoms with E-state index in [2.05, 4.69) is 10.3 Å². The van der Waals surface area contributed by atoms with Crippen LogP contribution in [0.4, 0.5) is 10.5 Å². The second-order valence-electron chi connectivity index (χ2n) is 8.74. The number of hydrogen-bond donors (Lipinski definition) is 2. The van der Waals surface area contributed by atoms with Crippen LogP contribution in [0.2, 0.25) is 0 Å². The number of hydrogen-bond acceptors (Lipinski definition) is 5. The van der Waals surface area contributed by atoms with Crippen molar-refractivity contribution in [1.29, 1.82) is 0 Å². The summed E-state index contributed by atoms with van der Waals surface area (Å²) in [6.45, 7) is 1.47. The summed E-state index contributed by atoms with van der Waals surface area (Å²) in [5.74, 6) is 0.727. The zero-order chi connectivity index (χ0) is 23.1. The molecule has 0 bridgehead atoms. The van der Waals surface area contributed by atoms with E-state index >= 15 is 0 Å². The number of anilines is 1. The first-order valence-electron chi connectivity index (χ1n) is 11.0. The number of amides is 2. The van der Waals surface area contributed by atoms with Crippen LogP contribution >= 0.6 is 0 Å². The van der Waals surface area contributed by atoms with Gasteiger partial charge in [0, 0.05) is 56.7 Å². The quantitative estimate of drug-likeness (QED) is 0.636. The van der Waals surface area contributed by atoms with E-state index in [-0.39, 0.29) is 17.9 Å². The van der Waals surface area contributed by atoms with Crippen molar-refractivity contribution in [3.8, 4) is 5.75 Å². The van der Waals surface area contributed by atoms with Gasteiger partial charge in [0.05, 0.1) is 29.4 Å². The van der Waals surface area contributed by atoms with E-state index in [1.54, 1.807) is 6.20 Å². The van der Waals surface area contributed by atoms with Crippen LogP contribution in [-0.4, -0.2) is 60.8 Å². The molecule has 0 radical (unpaired) electrons. The van der Waals surface area contributed by atoms with Gasteiger partial charge in [0.25, 0.3) is 5.91 Å². The number of fused-ring (bicyclic) bond motifs is 2. The normalized spacial score (nSPS) is 17.6. The minimum atomic E-state index is -0.901. The van der Waals surface area contributed by atoms with Crippen molar-refractivity contribution in [3.63, 3.8) is 0 Å². The Labute approximate surface area is 191 Å². The Morgan fingerprint density at radius 2 is 1.88 bits per heavy atom. The molecule has 1 unspecified atom stereocenters. The molecule has 2 aromatic carbocycles. The fraction of sp³-hybridized carbons (Fsp3) is 0.320. The lowest BCUT2D eigenvalue weighted by Crippen LogP contribution is -2.47. The van der Waals surface area contributed by atoms with Crippen LogP contribution in [0.3, 0.4) is 0 Å². The van der Waals surface area contributed by atoms with Crippen molar-refractivity contribution in [2.45, 2.75) is 18.4 Å². The highest BCUT2D eigenvalue weighted by Gasteiger charge is 2.33. The van der Waals surface area contributed by atoms with Gasteiger partial charge in [-0.1, -0.05) is 36.4 Å². The van der Waals surface area contributed by atoms with Crippen LogP contribution in [-0.2, 0) is 0 Å². The molecular weight excluding hydrogens is 420 g/mol. The number of nitrogens with zero attached hydrogens (tertiary/aromatic N) is 3. The molecule has 2 aliphatic heterocycles. The average Bonchev–Trinajstić information content (AvgIpc) is 2.77. The lowest BCUT2D eigenvalue weighted by Gasteiger charge is -2.37. The number of carbonyl (C=O) groups is 2. The van der Waals surface area contributed by atoms with Crippen molar-refractivity contribution >= 4 is 28.6 Å². The summed E-state index contributed by atoms with van der Waals surface area (Å²) in [6, 6.07) is 13.6. The summed E-state index contributed by atoms with van der Waals surface area (Å²) in [5, 5.41) is 13.2. The summed E-state index contributed by atoms with van der Waals surface area (Å²) < 4.78 is 5.72. The van der Waals surface area contributed by atoms with Gasteiger partial charge in [0.1, 0.15) is 5.75 Å². The number of pyridine rings is 1. The van der Waals surface area contributed by atoms with E-state index in [0.29, 0.717) is 31.7 Å². The lowest BCUT2D eigenvalue weighted by molar-refractivity contribution is 0.0924. The lowest BCUT2D eigenvalue weighted by atomic mass is 9.89. The fourth-order valence-corrected chi connectivity index (χ4v) is 4.77. The molecule has 2 N–H and O–H groups in total. The summed E-state index contributed by atoms with van der Waals surface area (Å²) in [6.07, 6.45) is 1.43. The zero-order valence-electron chi connectivity index (χ0n) is 18.6. The number of likely N-dealkylation sites (tertiary alicyclic amines) is 1. The monoisotopic (exact) mass is 446 g/mol. The highest BCUT2D eigenvalue weighted by Crippen LogP contribution is 2.37. The van der Waals surface area contributed by atoms with Crippen LogP contribution in [0.25, 0.3) is 10.9 Å². The van der Waals surface area contributed by atoms with Gasteiger partial charge in [-0.3, -0.25) is 9.78 Å². The molecule has 8 nitrogen and oxygen atoms in total. The smallest absolute Gasteiger partial charge is 0.407 e. The Morgan fingerprint density at radius 1 is 1.12 bits per heavy atom. The summed E-state index contributed by atoms with van der Waals surface area (Å²) >= 11 is 0. The third-order valence-corrected chi connectivity index (χ3v) is 6.45. The molecule has 1 saturated heterocycles. The molecule has 170 valence electrons. The first kappa shape index (κ1) is 21.1. The molecule has 0 aliphatic carbocycles. The summed E-state index contributed by atoms with van der Waals surface area (Å²) in [7, 11) is 3.83. The third-order valence-electron chi connectivity index (χ3n) is 6.45. The number of nitrogens with one attached hydrogen (secondary N) is 1. The SMILES string of the molecule is CN(C)c1c(C(=O)NC2CCOc3ccccc32)cnc2c(C3CN(C(=O)O)C3)cccc12. The summed E-state index contributed by atoms with van der Waals surface area (Å²) in [5.41, 5.74) is 4.11. The average molecular weight is 447 g/mol. The number of aromatic nitrogens is 1. The van der Waals surface area contributed by atoms with Crippen molar-refractivity contribution in [1.82, 2.24) is 15.2 Å². The Morgan fingerprint density at radius 3 is 2.64 bits per heavy atom. The molecule has 33 heavy (non-hydrogen) atoms. The number of benzene rings is 2. The Bertz CT molecular complexity index is 1240. The maximum atomic E-state index is 13.4. The predicted octanol–water partition coefficient (Wildman–Crippen LogP) is 3.63. The van der Waals surface area contributed by atoms with E-state index < -0.39 is 6.09 Å². The van der Waals surface area contributed by atoms with Crippen LogP contribution in [0.5, 0.6) is 5.75 Å². The van der Waals surface area contributed by atoms with Crippen molar-refractivity contribution in [3.05, 3.63) is 65.4 Å². The fourth-order valence-electron chi connectivity index (χ4n) is 4.77. The number of carbonyl (C=O) groups excluding carboxylic acids is 1. The van der Waals surface area contributed by atoms with Crippen molar-refractivity contribution in [2.75, 3.05) is 38.7 Å². The van der Waals surface area contributed by atoms with Gasteiger partial charge in [0.2, 0.25) is 0 Å². The molecular formula is C25H26N4O4. The minimum absolute atomic E-state index is 0.103. The van der Waals surface area contributed by atoms with Crippen molar-refractivity contribution in [2.24, 2.45) is 0 Å². The van der Waals surface area contributed by atoms with Gasteiger partial charge < -0.3 is 25.0 Å². The number of carboxylic acid groups (broad SMARTS) is 1. The van der Waals surface area contributed by atoms with Gasteiger partial charge in [0.15, 0.2) is 0 Å².